The summed E-state index contributed by atoms with van der Waals surface area (Å²) < 4.78 is 15.7. The molecular formula is C18H21ClN2O4. The van der Waals surface area contributed by atoms with E-state index < -0.39 is 0 Å². The number of nitrogens with one attached hydrogen (secondary N) is 2. The molecule has 0 aliphatic heterocycles. The summed E-state index contributed by atoms with van der Waals surface area (Å²) in [6.07, 6.45) is 0. The number of hydrogen-bond acceptors (Lipinski definition) is 5. The van der Waals surface area contributed by atoms with Crippen molar-refractivity contribution in [2.45, 2.75) is 6.92 Å². The maximum absolute atomic E-state index is 12.2. The van der Waals surface area contributed by atoms with Crippen LogP contribution in [0, 0.1) is 6.92 Å². The maximum atomic E-state index is 12.2. The van der Waals surface area contributed by atoms with Gasteiger partial charge in [0.15, 0.2) is 0 Å². The normalized spacial score (nSPS) is 10.1. The van der Waals surface area contributed by atoms with Crippen molar-refractivity contribution in [2.75, 3.05) is 38.5 Å². The summed E-state index contributed by atoms with van der Waals surface area (Å²) >= 11 is 6.08. The number of carbonyl (C=O) groups excluding carboxylic acids is 1. The molecule has 134 valence electrons. The van der Waals surface area contributed by atoms with Crippen molar-refractivity contribution in [1.82, 2.24) is 0 Å². The molecule has 0 saturated heterocycles. The molecule has 0 atom stereocenters. The van der Waals surface area contributed by atoms with Crippen molar-refractivity contribution in [3.05, 3.63) is 40.9 Å². The first-order valence-corrected chi connectivity index (χ1v) is 7.96. The quantitative estimate of drug-likeness (QED) is 0.783. The van der Waals surface area contributed by atoms with Gasteiger partial charge in [0.25, 0.3) is 0 Å². The topological polar surface area (TPSA) is 68.8 Å². The molecule has 2 aromatic rings. The molecule has 2 rings (SSSR count). The molecule has 0 unspecified atom stereocenters. The van der Waals surface area contributed by atoms with E-state index in [4.69, 9.17) is 25.8 Å². The molecule has 6 nitrogen and oxygen atoms in total. The Hall–Kier alpha value is -2.60. The van der Waals surface area contributed by atoms with Crippen LogP contribution in [0.3, 0.4) is 0 Å². The highest BCUT2D eigenvalue weighted by atomic mass is 35.5. The summed E-state index contributed by atoms with van der Waals surface area (Å²) in [6.45, 7) is 1.95. The first-order chi connectivity index (χ1) is 12.0. The summed E-state index contributed by atoms with van der Waals surface area (Å²) in [6, 6.07) is 8.72. The van der Waals surface area contributed by atoms with E-state index in [1.54, 1.807) is 38.5 Å². The lowest BCUT2D eigenvalue weighted by atomic mass is 10.2. The van der Waals surface area contributed by atoms with E-state index in [9.17, 15) is 4.79 Å². The molecule has 0 saturated carbocycles. The van der Waals surface area contributed by atoms with Gasteiger partial charge in [0.2, 0.25) is 5.91 Å². The highest BCUT2D eigenvalue weighted by Gasteiger charge is 2.11. The van der Waals surface area contributed by atoms with Crippen LogP contribution in [0.4, 0.5) is 11.4 Å². The fourth-order valence-corrected chi connectivity index (χ4v) is 2.40. The van der Waals surface area contributed by atoms with Crippen molar-refractivity contribution < 1.29 is 19.0 Å². The third-order valence-corrected chi connectivity index (χ3v) is 4.01. The number of hydrogen-bond donors (Lipinski definition) is 2. The average Bonchev–Trinajstić information content (AvgIpc) is 2.62. The van der Waals surface area contributed by atoms with Crippen LogP contribution in [0.1, 0.15) is 5.56 Å². The van der Waals surface area contributed by atoms with Gasteiger partial charge >= 0.3 is 0 Å². The summed E-state index contributed by atoms with van der Waals surface area (Å²) in [7, 11) is 4.65. The summed E-state index contributed by atoms with van der Waals surface area (Å²) in [5, 5.41) is 6.46. The maximum Gasteiger partial charge on any atom is 0.243 e. The fraction of sp³-hybridized carbons (Fsp3) is 0.278. The van der Waals surface area contributed by atoms with Crippen LogP contribution < -0.4 is 24.8 Å². The zero-order chi connectivity index (χ0) is 18.4. The Morgan fingerprint density at radius 3 is 2.32 bits per heavy atom. The third-order valence-electron chi connectivity index (χ3n) is 3.60. The van der Waals surface area contributed by atoms with Gasteiger partial charge in [-0.25, -0.2) is 0 Å². The van der Waals surface area contributed by atoms with Crippen LogP contribution in [0.5, 0.6) is 17.2 Å². The predicted molar refractivity (Wildman–Crippen MR) is 99.4 cm³/mol. The largest absolute Gasteiger partial charge is 0.497 e. The van der Waals surface area contributed by atoms with E-state index >= 15 is 0 Å². The van der Waals surface area contributed by atoms with Gasteiger partial charge < -0.3 is 24.8 Å². The SMILES string of the molecule is COc1ccc(NC(=O)CNc2cc(C)c(Cl)cc2OC)c(OC)c1. The lowest BCUT2D eigenvalue weighted by Crippen LogP contribution is -2.22. The molecule has 7 heteroatoms. The number of amides is 1. The minimum absolute atomic E-state index is 0.0621. The third kappa shape index (κ3) is 4.70. The Bertz CT molecular complexity index is 765. The molecule has 25 heavy (non-hydrogen) atoms. The van der Waals surface area contributed by atoms with E-state index in [1.807, 2.05) is 13.0 Å². The average molecular weight is 365 g/mol. The summed E-state index contributed by atoms with van der Waals surface area (Å²) in [5.41, 5.74) is 2.15. The molecule has 0 heterocycles. The molecule has 0 fully saturated rings. The monoisotopic (exact) mass is 364 g/mol. The highest BCUT2D eigenvalue weighted by Crippen LogP contribution is 2.31. The number of ether oxygens (including phenoxy) is 3. The number of benzene rings is 2. The highest BCUT2D eigenvalue weighted by molar-refractivity contribution is 6.31. The number of rotatable bonds is 7. The van der Waals surface area contributed by atoms with E-state index in [0.717, 1.165) is 5.56 Å². The predicted octanol–water partition coefficient (Wildman–Crippen LogP) is 3.72. The molecule has 0 radical (unpaired) electrons. The first-order valence-electron chi connectivity index (χ1n) is 7.58. The van der Waals surface area contributed by atoms with Crippen LogP contribution in [-0.2, 0) is 4.79 Å². The van der Waals surface area contributed by atoms with Crippen molar-refractivity contribution in [2.24, 2.45) is 0 Å². The molecule has 2 N–H and O–H groups in total. The molecule has 0 bridgehead atoms. The van der Waals surface area contributed by atoms with Crippen LogP contribution in [0.25, 0.3) is 0 Å². The van der Waals surface area contributed by atoms with Crippen LogP contribution in [0.2, 0.25) is 5.02 Å². The Labute approximate surface area is 152 Å². The number of methoxy groups -OCH3 is 3. The summed E-state index contributed by atoms with van der Waals surface area (Å²) in [4.78, 5) is 12.2. The minimum Gasteiger partial charge on any atom is -0.497 e. The van der Waals surface area contributed by atoms with E-state index in [0.29, 0.717) is 33.6 Å². The molecule has 1 amide bonds. The molecular weight excluding hydrogens is 344 g/mol. The van der Waals surface area contributed by atoms with E-state index in [1.165, 1.54) is 7.11 Å². The smallest absolute Gasteiger partial charge is 0.243 e. The summed E-state index contributed by atoms with van der Waals surface area (Å²) in [5.74, 6) is 1.52. The second-order valence-electron chi connectivity index (χ2n) is 5.27. The Kier molecular flexibility index (Phi) is 6.36. The lowest BCUT2D eigenvalue weighted by Gasteiger charge is -2.14. The molecule has 0 aliphatic carbocycles. The van der Waals surface area contributed by atoms with Crippen molar-refractivity contribution in [3.8, 4) is 17.2 Å². The molecule has 2 aromatic carbocycles. The van der Waals surface area contributed by atoms with Crippen LogP contribution >= 0.6 is 11.6 Å². The van der Waals surface area contributed by atoms with Gasteiger partial charge in [-0.2, -0.15) is 0 Å². The van der Waals surface area contributed by atoms with Crippen molar-refractivity contribution in [3.63, 3.8) is 0 Å². The molecule has 0 aromatic heterocycles. The van der Waals surface area contributed by atoms with Crippen molar-refractivity contribution >= 4 is 28.9 Å². The van der Waals surface area contributed by atoms with Crippen molar-refractivity contribution in [1.29, 1.82) is 0 Å². The molecule has 0 spiro atoms. The van der Waals surface area contributed by atoms with Gasteiger partial charge in [0, 0.05) is 17.2 Å². The van der Waals surface area contributed by atoms with E-state index in [-0.39, 0.29) is 12.5 Å². The minimum atomic E-state index is -0.224. The van der Waals surface area contributed by atoms with Gasteiger partial charge in [-0.3, -0.25) is 4.79 Å². The zero-order valence-corrected chi connectivity index (χ0v) is 15.4. The van der Waals surface area contributed by atoms with Gasteiger partial charge in [-0.15, -0.1) is 0 Å². The second kappa shape index (κ2) is 8.48. The van der Waals surface area contributed by atoms with E-state index in [2.05, 4.69) is 10.6 Å². The van der Waals surface area contributed by atoms with Gasteiger partial charge in [0.1, 0.15) is 17.2 Å². The standard InChI is InChI=1S/C18H21ClN2O4/c1-11-7-15(17(25-4)9-13(11)19)20-10-18(22)21-14-6-5-12(23-2)8-16(14)24-3/h5-9,20H,10H2,1-4H3,(H,21,22). The molecule has 0 aliphatic rings. The van der Waals surface area contributed by atoms with Gasteiger partial charge in [-0.1, -0.05) is 11.6 Å². The fourth-order valence-electron chi connectivity index (χ4n) is 2.24. The number of aryl methyl sites for hydroxylation is 1. The second-order valence-corrected chi connectivity index (χ2v) is 5.68. The van der Waals surface area contributed by atoms with Crippen LogP contribution in [-0.4, -0.2) is 33.8 Å². The number of anilines is 2. The Morgan fingerprint density at radius 2 is 1.68 bits per heavy atom. The first kappa shape index (κ1) is 18.7. The zero-order valence-electron chi connectivity index (χ0n) is 14.6. The number of halogens is 1. The Morgan fingerprint density at radius 1 is 1.00 bits per heavy atom. The van der Waals surface area contributed by atoms with Gasteiger partial charge in [-0.05, 0) is 30.7 Å². The van der Waals surface area contributed by atoms with Gasteiger partial charge in [0.05, 0.1) is 39.2 Å². The lowest BCUT2D eigenvalue weighted by molar-refractivity contribution is -0.114. The van der Waals surface area contributed by atoms with Crippen LogP contribution in [0.15, 0.2) is 30.3 Å². The number of carbonyl (C=O) groups is 1. The Balaban J connectivity index is 2.05.